The molecule has 37 heavy (non-hydrogen) atoms. The minimum Gasteiger partial charge on any atom is -0.493 e. The van der Waals surface area contributed by atoms with E-state index in [9.17, 15) is 14.4 Å². The van der Waals surface area contributed by atoms with E-state index in [-0.39, 0.29) is 12.5 Å². The lowest BCUT2D eigenvalue weighted by Crippen LogP contribution is -2.45. The molecule has 208 valence electrons. The number of amidine groups is 1. The van der Waals surface area contributed by atoms with Gasteiger partial charge in [-0.3, -0.25) is 14.5 Å². The van der Waals surface area contributed by atoms with E-state index in [1.165, 1.54) is 12.5 Å². The van der Waals surface area contributed by atoms with Gasteiger partial charge in [-0.05, 0) is 51.4 Å². The van der Waals surface area contributed by atoms with Crippen LogP contribution in [0.3, 0.4) is 0 Å². The molecule has 1 aromatic rings. The molecule has 0 radical (unpaired) electrons. The Morgan fingerprint density at radius 1 is 1.05 bits per heavy atom. The Morgan fingerprint density at radius 3 is 2.24 bits per heavy atom. The minimum absolute atomic E-state index is 0.153. The summed E-state index contributed by atoms with van der Waals surface area (Å²) in [4.78, 5) is 38.3. The second-order valence-corrected chi connectivity index (χ2v) is 8.61. The van der Waals surface area contributed by atoms with Crippen LogP contribution in [0.1, 0.15) is 58.6 Å². The van der Waals surface area contributed by atoms with Gasteiger partial charge < -0.3 is 31.3 Å². The lowest BCUT2D eigenvalue weighted by molar-refractivity contribution is -0.154. The fourth-order valence-corrected chi connectivity index (χ4v) is 3.73. The first kappa shape index (κ1) is 31.8. The number of piperazine rings is 1. The number of nitrogens with one attached hydrogen (secondary N) is 1. The van der Waals surface area contributed by atoms with Crippen molar-refractivity contribution in [1.29, 1.82) is 0 Å². The number of benzene rings is 1. The summed E-state index contributed by atoms with van der Waals surface area (Å²) in [5.41, 5.74) is 7.86. The van der Waals surface area contributed by atoms with E-state index in [2.05, 4.69) is 37.9 Å². The Balaban J connectivity index is 0.000000401. The van der Waals surface area contributed by atoms with Gasteiger partial charge in [0.1, 0.15) is 5.75 Å². The number of Topliss-reactive ketones (excluding diaryl/α,β-unsaturated/α-hetero) is 1. The Hall–Kier alpha value is -3.18. The van der Waals surface area contributed by atoms with E-state index in [0.717, 1.165) is 50.6 Å². The molecule has 1 aliphatic heterocycles. The molecule has 0 aromatic heterocycles. The van der Waals surface area contributed by atoms with Crippen LogP contribution in [0.15, 0.2) is 23.3 Å². The van der Waals surface area contributed by atoms with Gasteiger partial charge in [-0.1, -0.05) is 19.9 Å². The predicted octanol–water partition coefficient (Wildman–Crippen LogP) is 1.23. The number of carbonyl (C=O) groups excluding carboxylic acids is 3. The first-order valence-corrected chi connectivity index (χ1v) is 12.9. The van der Waals surface area contributed by atoms with Crippen molar-refractivity contribution in [3.63, 3.8) is 0 Å². The van der Waals surface area contributed by atoms with Crippen LogP contribution in [-0.2, 0) is 25.7 Å². The van der Waals surface area contributed by atoms with Crippen molar-refractivity contribution in [2.75, 3.05) is 45.9 Å². The molecule has 1 aliphatic rings. The van der Waals surface area contributed by atoms with E-state index < -0.39 is 17.8 Å². The van der Waals surface area contributed by atoms with Crippen molar-refractivity contribution in [2.24, 2.45) is 16.7 Å². The van der Waals surface area contributed by atoms with Crippen molar-refractivity contribution < 1.29 is 23.9 Å². The molecule has 11 nitrogen and oxygen atoms in total. The predicted molar refractivity (Wildman–Crippen MR) is 144 cm³/mol. The van der Waals surface area contributed by atoms with Crippen LogP contribution >= 0.6 is 0 Å². The third-order valence-electron chi connectivity index (χ3n) is 5.80. The molecular formula is C26H44N6O5. The fraction of sp³-hybridized carbons (Fsp3) is 0.615. The maximum absolute atomic E-state index is 11.3. The van der Waals surface area contributed by atoms with Gasteiger partial charge in [0.05, 0.1) is 24.8 Å². The second kappa shape index (κ2) is 17.3. The number of amides is 1. The first-order chi connectivity index (χ1) is 17.7. The van der Waals surface area contributed by atoms with E-state index >= 15 is 0 Å². The SMILES string of the molecule is CCCC(=O)NC(C)C(=O)C(=O)OCC.CCOc1ccc(CN2CCN(CC)CC2)cc1C(N)=NN. The molecule has 5 N–H and O–H groups in total. The number of esters is 1. The monoisotopic (exact) mass is 520 g/mol. The maximum Gasteiger partial charge on any atom is 0.376 e. The molecule has 0 bridgehead atoms. The maximum atomic E-state index is 11.3. The van der Waals surface area contributed by atoms with Gasteiger partial charge in [-0.2, -0.15) is 5.10 Å². The van der Waals surface area contributed by atoms with Gasteiger partial charge in [0.25, 0.3) is 5.78 Å². The summed E-state index contributed by atoms with van der Waals surface area (Å²) < 4.78 is 10.1. The molecule has 1 fully saturated rings. The second-order valence-electron chi connectivity index (χ2n) is 8.61. The number of hydrogen-bond acceptors (Lipinski definition) is 9. The number of hydrazone groups is 1. The molecule has 11 heteroatoms. The topological polar surface area (TPSA) is 153 Å². The van der Waals surface area contributed by atoms with E-state index in [0.29, 0.717) is 25.3 Å². The van der Waals surface area contributed by atoms with Crippen LogP contribution < -0.4 is 21.6 Å². The van der Waals surface area contributed by atoms with Crippen LogP contribution in [0.4, 0.5) is 0 Å². The highest BCUT2D eigenvalue weighted by Gasteiger charge is 2.23. The zero-order chi connectivity index (χ0) is 27.8. The average Bonchev–Trinajstić information content (AvgIpc) is 2.89. The Bertz CT molecular complexity index is 899. The summed E-state index contributed by atoms with van der Waals surface area (Å²) in [6.45, 7) is 16.3. The van der Waals surface area contributed by atoms with Gasteiger partial charge in [-0.15, -0.1) is 0 Å². The highest BCUT2D eigenvalue weighted by molar-refractivity contribution is 6.35. The molecule has 1 heterocycles. The van der Waals surface area contributed by atoms with Crippen LogP contribution in [0.5, 0.6) is 5.75 Å². The number of hydrogen-bond donors (Lipinski definition) is 3. The van der Waals surface area contributed by atoms with Crippen LogP contribution in [-0.4, -0.2) is 85.3 Å². The van der Waals surface area contributed by atoms with Gasteiger partial charge in [0.2, 0.25) is 5.91 Å². The van der Waals surface area contributed by atoms with Crippen molar-refractivity contribution in [1.82, 2.24) is 15.1 Å². The summed E-state index contributed by atoms with van der Waals surface area (Å²) in [7, 11) is 0. The number of ether oxygens (including phenoxy) is 2. The van der Waals surface area contributed by atoms with Crippen molar-refractivity contribution >= 4 is 23.5 Å². The highest BCUT2D eigenvalue weighted by Crippen LogP contribution is 2.21. The summed E-state index contributed by atoms with van der Waals surface area (Å²) in [6, 6.07) is 5.25. The van der Waals surface area contributed by atoms with Crippen molar-refractivity contribution in [2.45, 2.75) is 60.0 Å². The van der Waals surface area contributed by atoms with Crippen LogP contribution in [0, 0.1) is 0 Å². The van der Waals surface area contributed by atoms with Crippen molar-refractivity contribution in [3.05, 3.63) is 29.3 Å². The largest absolute Gasteiger partial charge is 0.493 e. The fourth-order valence-electron chi connectivity index (χ4n) is 3.73. The number of likely N-dealkylation sites (N-methyl/N-ethyl adjacent to an activating group) is 1. The zero-order valence-electron chi connectivity index (χ0n) is 22.9. The molecule has 0 aliphatic carbocycles. The smallest absolute Gasteiger partial charge is 0.376 e. The molecule has 1 saturated heterocycles. The molecule has 0 saturated carbocycles. The number of nitrogens with zero attached hydrogens (tertiary/aromatic N) is 3. The molecule has 1 unspecified atom stereocenters. The summed E-state index contributed by atoms with van der Waals surface area (Å²) in [5.74, 6) is 4.51. The minimum atomic E-state index is -0.901. The summed E-state index contributed by atoms with van der Waals surface area (Å²) in [6.07, 6.45) is 1.05. The number of nitrogens with two attached hydrogens (primary N) is 2. The van der Waals surface area contributed by atoms with Gasteiger partial charge in [-0.25, -0.2) is 4.79 Å². The third-order valence-corrected chi connectivity index (χ3v) is 5.80. The zero-order valence-corrected chi connectivity index (χ0v) is 22.9. The lowest BCUT2D eigenvalue weighted by Gasteiger charge is -2.34. The third kappa shape index (κ3) is 11.2. The number of ketones is 1. The highest BCUT2D eigenvalue weighted by atomic mass is 16.5. The molecule has 1 aromatic carbocycles. The normalized spacial score (nSPS) is 15.2. The standard InChI is InChI=1S/C16H27N5O.C10H17NO4/c1-3-20-7-9-21(10-8-20)12-13-5-6-15(22-4-2)14(11-13)16(17)19-18;1-4-6-8(12)11-7(3)9(13)10(14)15-5-2/h5-6,11H,3-4,7-10,12,18H2,1-2H3,(H2,17,19);7H,4-6H2,1-3H3,(H,11,12). The Morgan fingerprint density at radius 2 is 1.70 bits per heavy atom. The summed E-state index contributed by atoms with van der Waals surface area (Å²) >= 11 is 0. The first-order valence-electron chi connectivity index (χ1n) is 12.9. The Labute approximate surface area is 220 Å². The number of rotatable bonds is 12. The molecule has 2 rings (SSSR count). The van der Waals surface area contributed by atoms with Gasteiger partial charge in [0.15, 0.2) is 5.84 Å². The van der Waals surface area contributed by atoms with Crippen LogP contribution in [0.2, 0.25) is 0 Å². The molecular weight excluding hydrogens is 476 g/mol. The van der Waals surface area contributed by atoms with Gasteiger partial charge in [0, 0.05) is 39.1 Å². The van der Waals surface area contributed by atoms with E-state index in [1.807, 2.05) is 26.0 Å². The number of carbonyl (C=O) groups is 3. The molecule has 1 atom stereocenters. The quantitative estimate of drug-likeness (QED) is 0.0922. The molecule has 1 amide bonds. The van der Waals surface area contributed by atoms with E-state index in [1.54, 1.807) is 6.92 Å². The Kier molecular flexibility index (Phi) is 14.9. The van der Waals surface area contributed by atoms with Gasteiger partial charge >= 0.3 is 5.97 Å². The average molecular weight is 521 g/mol. The molecule has 0 spiro atoms. The lowest BCUT2D eigenvalue weighted by atomic mass is 10.1. The van der Waals surface area contributed by atoms with Crippen molar-refractivity contribution in [3.8, 4) is 5.75 Å². The van der Waals surface area contributed by atoms with Crippen LogP contribution in [0.25, 0.3) is 0 Å². The summed E-state index contributed by atoms with van der Waals surface area (Å²) in [5, 5.41) is 6.04. The van der Waals surface area contributed by atoms with E-state index in [4.69, 9.17) is 16.3 Å².